The van der Waals surface area contributed by atoms with Gasteiger partial charge < -0.3 is 10.5 Å². The van der Waals surface area contributed by atoms with Gasteiger partial charge in [0.1, 0.15) is 0 Å². The third-order valence-corrected chi connectivity index (χ3v) is 4.21. The summed E-state index contributed by atoms with van der Waals surface area (Å²) in [5.41, 5.74) is 2.00. The van der Waals surface area contributed by atoms with Gasteiger partial charge >= 0.3 is 0 Å². The molecule has 0 spiro atoms. The Morgan fingerprint density at radius 3 is 2.62 bits per heavy atom. The molecule has 1 aromatic heterocycles. The number of nitrogens with one attached hydrogen (secondary N) is 1. The van der Waals surface area contributed by atoms with Gasteiger partial charge in [0, 0.05) is 17.8 Å². The number of carbonyl (C=O) groups excluding carboxylic acids is 1. The molecule has 0 aliphatic heterocycles. The number of amides is 1. The second-order valence-electron chi connectivity index (χ2n) is 4.66. The second-order valence-corrected chi connectivity index (χ2v) is 6.03. The highest BCUT2D eigenvalue weighted by atomic mass is 32.2. The highest BCUT2D eigenvalue weighted by molar-refractivity contribution is 8.00. The van der Waals surface area contributed by atoms with Crippen LogP contribution in [0.1, 0.15) is 19.4 Å². The van der Waals surface area contributed by atoms with E-state index in [0.29, 0.717) is 5.03 Å². The van der Waals surface area contributed by atoms with Crippen LogP contribution in [0.2, 0.25) is 0 Å². The van der Waals surface area contributed by atoms with Gasteiger partial charge in [-0.3, -0.25) is 4.79 Å². The molecular formula is C16H18N2O2S. The Morgan fingerprint density at radius 2 is 2.00 bits per heavy atom. The summed E-state index contributed by atoms with van der Waals surface area (Å²) in [6, 6.07) is 12.9. The number of nitrogens with zero attached hydrogens (tertiary/aromatic N) is 1. The minimum absolute atomic E-state index is 0.117. The lowest BCUT2D eigenvalue weighted by Gasteiger charge is -2.11. The third kappa shape index (κ3) is 4.23. The van der Waals surface area contributed by atoms with E-state index in [0.717, 1.165) is 16.8 Å². The Kier molecular flexibility index (Phi) is 5.22. The molecule has 0 aliphatic carbocycles. The van der Waals surface area contributed by atoms with Crippen LogP contribution in [0.3, 0.4) is 0 Å². The van der Waals surface area contributed by atoms with E-state index in [1.54, 1.807) is 25.1 Å². The number of anilines is 1. The molecule has 0 radical (unpaired) electrons. The molecule has 110 valence electrons. The zero-order valence-corrected chi connectivity index (χ0v) is 12.9. The molecule has 0 unspecified atom stereocenters. The van der Waals surface area contributed by atoms with Crippen molar-refractivity contribution < 1.29 is 9.52 Å². The van der Waals surface area contributed by atoms with Gasteiger partial charge in [0.15, 0.2) is 6.20 Å². The maximum atomic E-state index is 12.1. The summed E-state index contributed by atoms with van der Waals surface area (Å²) in [5.74, 6) is -0.117. The van der Waals surface area contributed by atoms with E-state index >= 15 is 0 Å². The lowest BCUT2D eigenvalue weighted by Crippen LogP contribution is -2.30. The summed E-state index contributed by atoms with van der Waals surface area (Å²) < 4.78 is 0.768. The predicted molar refractivity (Wildman–Crippen MR) is 85.2 cm³/mol. The highest BCUT2D eigenvalue weighted by Crippen LogP contribution is 2.21. The summed E-state index contributed by atoms with van der Waals surface area (Å²) in [7, 11) is 0. The van der Waals surface area contributed by atoms with Crippen LogP contribution >= 0.6 is 11.8 Å². The molecule has 4 nitrogen and oxygen atoms in total. The fraction of sp³-hybridized carbons (Fsp3) is 0.250. The number of aromatic nitrogens is 1. The van der Waals surface area contributed by atoms with Gasteiger partial charge in [-0.25, -0.2) is 0 Å². The fourth-order valence-corrected chi connectivity index (χ4v) is 2.66. The number of hydrogen-bond acceptors (Lipinski definition) is 3. The van der Waals surface area contributed by atoms with E-state index in [4.69, 9.17) is 0 Å². The number of thioether (sulfide) groups is 1. The molecule has 1 N–H and O–H groups in total. The minimum Gasteiger partial charge on any atom is -0.618 e. The van der Waals surface area contributed by atoms with Crippen molar-refractivity contribution in [3.63, 3.8) is 0 Å². The van der Waals surface area contributed by atoms with Crippen molar-refractivity contribution in [3.8, 4) is 0 Å². The number of carbonyl (C=O) groups is 1. The summed E-state index contributed by atoms with van der Waals surface area (Å²) in [6.45, 7) is 3.87. The van der Waals surface area contributed by atoms with Crippen LogP contribution in [0.4, 0.5) is 5.69 Å². The lowest BCUT2D eigenvalue weighted by molar-refractivity contribution is -0.645. The molecule has 2 rings (SSSR count). The van der Waals surface area contributed by atoms with E-state index in [-0.39, 0.29) is 11.2 Å². The first-order valence-electron chi connectivity index (χ1n) is 6.85. The van der Waals surface area contributed by atoms with Gasteiger partial charge in [-0.1, -0.05) is 19.1 Å². The summed E-state index contributed by atoms with van der Waals surface area (Å²) >= 11 is 1.24. The van der Waals surface area contributed by atoms with Gasteiger partial charge in [0.2, 0.25) is 5.91 Å². The first kappa shape index (κ1) is 15.4. The SMILES string of the molecule is CCc1ccc(NC(=O)[C@H](C)Sc2cccc[n+]2[O-])cc1. The van der Waals surface area contributed by atoms with Crippen molar-refractivity contribution in [1.29, 1.82) is 0 Å². The smallest absolute Gasteiger partial charge is 0.252 e. The van der Waals surface area contributed by atoms with Crippen LogP contribution in [0.15, 0.2) is 53.7 Å². The zero-order valence-electron chi connectivity index (χ0n) is 12.1. The molecule has 0 aliphatic rings. The van der Waals surface area contributed by atoms with Gasteiger partial charge in [0.25, 0.3) is 5.03 Å². The number of aryl methyl sites for hydroxylation is 1. The van der Waals surface area contributed by atoms with E-state index in [1.807, 2.05) is 24.3 Å². The van der Waals surface area contributed by atoms with E-state index < -0.39 is 0 Å². The van der Waals surface area contributed by atoms with E-state index in [9.17, 15) is 10.0 Å². The maximum Gasteiger partial charge on any atom is 0.252 e. The topological polar surface area (TPSA) is 56.0 Å². The van der Waals surface area contributed by atoms with Crippen LogP contribution in [0.5, 0.6) is 0 Å². The average Bonchev–Trinajstić information content (AvgIpc) is 2.50. The number of benzene rings is 1. The lowest BCUT2D eigenvalue weighted by atomic mass is 10.1. The summed E-state index contributed by atoms with van der Waals surface area (Å²) in [5, 5.41) is 14.6. The Labute approximate surface area is 128 Å². The Morgan fingerprint density at radius 1 is 1.29 bits per heavy atom. The van der Waals surface area contributed by atoms with Crippen molar-refractivity contribution in [1.82, 2.24) is 0 Å². The first-order valence-corrected chi connectivity index (χ1v) is 7.72. The first-order chi connectivity index (χ1) is 10.1. The Hall–Kier alpha value is -2.01. The Balaban J connectivity index is 1.97. The largest absolute Gasteiger partial charge is 0.618 e. The molecule has 2 aromatic rings. The van der Waals surface area contributed by atoms with Crippen LogP contribution in [-0.4, -0.2) is 11.2 Å². The molecule has 1 heterocycles. The van der Waals surface area contributed by atoms with Gasteiger partial charge in [0.05, 0.1) is 5.25 Å². The third-order valence-electron chi connectivity index (χ3n) is 3.09. The molecule has 5 heteroatoms. The molecule has 0 bridgehead atoms. The van der Waals surface area contributed by atoms with Crippen LogP contribution < -0.4 is 10.0 Å². The molecule has 1 amide bonds. The van der Waals surface area contributed by atoms with Crippen LogP contribution in [-0.2, 0) is 11.2 Å². The summed E-state index contributed by atoms with van der Waals surface area (Å²) in [4.78, 5) is 12.1. The molecule has 1 atom stereocenters. The standard InChI is InChI=1S/C16H18N2O2S/c1-3-13-7-9-14(10-8-13)17-16(19)12(2)21-15-6-4-5-11-18(15)20/h4-12H,3H2,1-2H3,(H,17,19)/t12-/m0/s1. The van der Waals surface area contributed by atoms with Crippen molar-refractivity contribution >= 4 is 23.4 Å². The van der Waals surface area contributed by atoms with E-state index in [1.165, 1.54) is 23.5 Å². The maximum absolute atomic E-state index is 12.1. The average molecular weight is 302 g/mol. The van der Waals surface area contributed by atoms with Crippen molar-refractivity contribution in [2.45, 2.75) is 30.5 Å². The molecule has 0 saturated heterocycles. The normalized spacial score (nSPS) is 11.9. The van der Waals surface area contributed by atoms with Gasteiger partial charge in [-0.2, -0.15) is 4.73 Å². The monoisotopic (exact) mass is 302 g/mol. The molecular weight excluding hydrogens is 284 g/mol. The van der Waals surface area contributed by atoms with Crippen LogP contribution in [0.25, 0.3) is 0 Å². The predicted octanol–water partition coefficient (Wildman–Crippen LogP) is 3.00. The summed E-state index contributed by atoms with van der Waals surface area (Å²) in [6.07, 6.45) is 2.40. The number of rotatable bonds is 5. The highest BCUT2D eigenvalue weighted by Gasteiger charge is 2.18. The van der Waals surface area contributed by atoms with Crippen molar-refractivity contribution in [3.05, 3.63) is 59.4 Å². The number of pyridine rings is 1. The van der Waals surface area contributed by atoms with Crippen LogP contribution in [0, 0.1) is 5.21 Å². The molecule has 21 heavy (non-hydrogen) atoms. The van der Waals surface area contributed by atoms with Gasteiger partial charge in [-0.15, -0.1) is 0 Å². The van der Waals surface area contributed by atoms with Gasteiger partial charge in [-0.05, 0) is 48.9 Å². The fourth-order valence-electron chi connectivity index (χ4n) is 1.81. The zero-order chi connectivity index (χ0) is 15.2. The quantitative estimate of drug-likeness (QED) is 0.525. The second kappa shape index (κ2) is 7.13. The molecule has 1 aromatic carbocycles. The van der Waals surface area contributed by atoms with E-state index in [2.05, 4.69) is 12.2 Å². The minimum atomic E-state index is -0.349. The van der Waals surface area contributed by atoms with Crippen molar-refractivity contribution in [2.24, 2.45) is 0 Å². The van der Waals surface area contributed by atoms with Crippen molar-refractivity contribution in [2.75, 3.05) is 5.32 Å². The molecule has 0 saturated carbocycles. The molecule has 0 fully saturated rings. The Bertz CT molecular complexity index is 614. The number of hydrogen-bond donors (Lipinski definition) is 1.